The van der Waals surface area contributed by atoms with Crippen LogP contribution in [-0.2, 0) is 11.2 Å². The lowest BCUT2D eigenvalue weighted by molar-refractivity contribution is -0.122. The first kappa shape index (κ1) is 18.5. The smallest absolute Gasteiger partial charge is 0.266 e. The molecular weight excluding hydrogens is 366 g/mol. The Kier molecular flexibility index (Phi) is 5.96. The van der Waals surface area contributed by atoms with Crippen LogP contribution in [0.2, 0.25) is 0 Å². The minimum Gasteiger partial charge on any atom is -0.497 e. The Hall–Kier alpha value is -2.31. The summed E-state index contributed by atoms with van der Waals surface area (Å²) in [5.41, 5.74) is 2.05. The van der Waals surface area contributed by atoms with E-state index in [1.165, 1.54) is 11.8 Å². The summed E-state index contributed by atoms with van der Waals surface area (Å²) in [7, 11) is 3.27. The molecule has 1 amide bonds. The van der Waals surface area contributed by atoms with Gasteiger partial charge >= 0.3 is 0 Å². The number of thioether (sulfide) groups is 1. The number of ether oxygens (including phenoxy) is 2. The number of hydrogen-bond donors (Lipinski definition) is 0. The molecule has 1 saturated heterocycles. The first-order chi connectivity index (χ1) is 12.6. The third-order valence-corrected chi connectivity index (χ3v) is 5.43. The molecule has 0 aliphatic carbocycles. The van der Waals surface area contributed by atoms with Gasteiger partial charge in [-0.2, -0.15) is 0 Å². The topological polar surface area (TPSA) is 38.8 Å². The van der Waals surface area contributed by atoms with Crippen molar-refractivity contribution in [3.05, 3.63) is 64.6 Å². The average molecular weight is 386 g/mol. The quantitative estimate of drug-likeness (QED) is 0.552. The summed E-state index contributed by atoms with van der Waals surface area (Å²) < 4.78 is 11.0. The molecule has 1 aliphatic heterocycles. The Morgan fingerprint density at radius 2 is 1.81 bits per heavy atom. The highest BCUT2D eigenvalue weighted by atomic mass is 32.2. The van der Waals surface area contributed by atoms with Crippen molar-refractivity contribution in [2.45, 2.75) is 6.42 Å². The number of methoxy groups -OCH3 is 2. The predicted molar refractivity (Wildman–Crippen MR) is 110 cm³/mol. The normalized spacial score (nSPS) is 15.6. The third-order valence-electron chi connectivity index (χ3n) is 4.05. The summed E-state index contributed by atoms with van der Waals surface area (Å²) >= 11 is 6.74. The molecule has 2 aromatic carbocycles. The van der Waals surface area contributed by atoms with Crippen LogP contribution in [-0.4, -0.2) is 35.9 Å². The first-order valence-electron chi connectivity index (χ1n) is 8.13. The van der Waals surface area contributed by atoms with Gasteiger partial charge in [0.15, 0.2) is 0 Å². The Morgan fingerprint density at radius 1 is 1.08 bits per heavy atom. The highest BCUT2D eigenvalue weighted by Crippen LogP contribution is 2.33. The van der Waals surface area contributed by atoms with Crippen molar-refractivity contribution in [1.82, 2.24) is 4.90 Å². The van der Waals surface area contributed by atoms with Crippen LogP contribution in [0.15, 0.2) is 53.4 Å². The van der Waals surface area contributed by atoms with Gasteiger partial charge < -0.3 is 9.47 Å². The molecule has 1 fully saturated rings. The average Bonchev–Trinajstić information content (AvgIpc) is 2.93. The largest absolute Gasteiger partial charge is 0.497 e. The standard InChI is InChI=1S/C20H19NO3S2/c1-23-16-8-6-14(7-9-16)10-11-21-19(22)18(26-20(21)25)13-15-4-3-5-17(12-15)24-2/h3-9,12-13H,10-11H2,1-2H3/b18-13-. The molecule has 0 spiro atoms. The van der Waals surface area contributed by atoms with Crippen molar-refractivity contribution in [2.75, 3.05) is 20.8 Å². The number of thiocarbonyl (C=S) groups is 1. The Bertz CT molecular complexity index is 846. The van der Waals surface area contributed by atoms with Gasteiger partial charge in [-0.15, -0.1) is 0 Å². The van der Waals surface area contributed by atoms with E-state index in [1.807, 2.05) is 54.6 Å². The molecule has 0 bridgehead atoms. The zero-order valence-electron chi connectivity index (χ0n) is 14.6. The third kappa shape index (κ3) is 4.26. The van der Waals surface area contributed by atoms with E-state index < -0.39 is 0 Å². The van der Waals surface area contributed by atoms with Gasteiger partial charge in [-0.3, -0.25) is 9.69 Å². The van der Waals surface area contributed by atoms with Crippen molar-refractivity contribution >= 4 is 40.3 Å². The van der Waals surface area contributed by atoms with E-state index in [0.29, 0.717) is 15.8 Å². The van der Waals surface area contributed by atoms with Crippen LogP contribution in [0.3, 0.4) is 0 Å². The zero-order chi connectivity index (χ0) is 18.5. The zero-order valence-corrected chi connectivity index (χ0v) is 16.2. The lowest BCUT2D eigenvalue weighted by Gasteiger charge is -2.14. The molecule has 2 aromatic rings. The van der Waals surface area contributed by atoms with Gasteiger partial charge in [0.2, 0.25) is 0 Å². The maximum Gasteiger partial charge on any atom is 0.266 e. The maximum atomic E-state index is 12.7. The molecule has 0 saturated carbocycles. The molecule has 3 rings (SSSR count). The van der Waals surface area contributed by atoms with E-state index in [4.69, 9.17) is 21.7 Å². The molecule has 26 heavy (non-hydrogen) atoms. The van der Waals surface area contributed by atoms with Gasteiger partial charge in [-0.05, 0) is 47.9 Å². The fourth-order valence-corrected chi connectivity index (χ4v) is 3.92. The molecule has 4 nitrogen and oxygen atoms in total. The molecule has 0 N–H and O–H groups in total. The van der Waals surface area contributed by atoms with Crippen molar-refractivity contribution in [2.24, 2.45) is 0 Å². The number of benzene rings is 2. The summed E-state index contributed by atoms with van der Waals surface area (Å²) in [6.07, 6.45) is 2.60. The fourth-order valence-electron chi connectivity index (χ4n) is 2.61. The van der Waals surface area contributed by atoms with Crippen molar-refractivity contribution in [3.8, 4) is 11.5 Å². The molecule has 0 unspecified atom stereocenters. The number of carbonyl (C=O) groups excluding carboxylic acids is 1. The highest BCUT2D eigenvalue weighted by Gasteiger charge is 2.31. The number of amides is 1. The van der Waals surface area contributed by atoms with E-state index in [2.05, 4.69) is 0 Å². The fraction of sp³-hybridized carbons (Fsp3) is 0.200. The summed E-state index contributed by atoms with van der Waals surface area (Å²) in [6.45, 7) is 0.562. The number of hydrogen-bond acceptors (Lipinski definition) is 5. The van der Waals surface area contributed by atoms with Gasteiger partial charge in [-0.1, -0.05) is 48.2 Å². The molecule has 134 valence electrons. The van der Waals surface area contributed by atoms with Crippen LogP contribution < -0.4 is 9.47 Å². The van der Waals surface area contributed by atoms with E-state index in [1.54, 1.807) is 19.1 Å². The molecule has 1 heterocycles. The molecule has 0 atom stereocenters. The summed E-state index contributed by atoms with van der Waals surface area (Å²) in [6, 6.07) is 15.4. The van der Waals surface area contributed by atoms with Crippen LogP contribution in [0.4, 0.5) is 0 Å². The summed E-state index contributed by atoms with van der Waals surface area (Å²) in [5, 5.41) is 0. The second-order valence-corrected chi connectivity index (χ2v) is 7.38. The maximum absolute atomic E-state index is 12.7. The van der Waals surface area contributed by atoms with Crippen LogP contribution in [0, 0.1) is 0 Å². The van der Waals surface area contributed by atoms with Crippen molar-refractivity contribution in [1.29, 1.82) is 0 Å². The molecular formula is C20H19NO3S2. The Morgan fingerprint density at radius 3 is 2.50 bits per heavy atom. The number of rotatable bonds is 6. The Balaban J connectivity index is 1.68. The summed E-state index contributed by atoms with van der Waals surface area (Å²) in [4.78, 5) is 15.0. The van der Waals surface area contributed by atoms with Gasteiger partial charge in [-0.25, -0.2) is 0 Å². The Labute approximate surface area is 162 Å². The minimum atomic E-state index is -0.0451. The number of carbonyl (C=O) groups is 1. The van der Waals surface area contributed by atoms with Gasteiger partial charge in [0.25, 0.3) is 5.91 Å². The van der Waals surface area contributed by atoms with Gasteiger partial charge in [0.05, 0.1) is 19.1 Å². The van der Waals surface area contributed by atoms with Crippen LogP contribution in [0.25, 0.3) is 6.08 Å². The minimum absolute atomic E-state index is 0.0451. The van der Waals surface area contributed by atoms with E-state index >= 15 is 0 Å². The van der Waals surface area contributed by atoms with E-state index in [9.17, 15) is 4.79 Å². The second kappa shape index (κ2) is 8.38. The van der Waals surface area contributed by atoms with Crippen molar-refractivity contribution in [3.63, 3.8) is 0 Å². The van der Waals surface area contributed by atoms with Gasteiger partial charge in [0.1, 0.15) is 15.8 Å². The molecule has 0 radical (unpaired) electrons. The highest BCUT2D eigenvalue weighted by molar-refractivity contribution is 8.26. The second-order valence-electron chi connectivity index (χ2n) is 5.71. The lowest BCUT2D eigenvalue weighted by atomic mass is 10.1. The van der Waals surface area contributed by atoms with E-state index in [0.717, 1.165) is 29.0 Å². The predicted octanol–water partition coefficient (Wildman–Crippen LogP) is 4.15. The molecule has 0 aromatic heterocycles. The first-order valence-corrected chi connectivity index (χ1v) is 9.35. The van der Waals surface area contributed by atoms with Gasteiger partial charge in [0, 0.05) is 6.54 Å². The summed E-state index contributed by atoms with van der Waals surface area (Å²) in [5.74, 6) is 1.53. The van der Waals surface area contributed by atoms with Crippen LogP contribution >= 0.6 is 24.0 Å². The van der Waals surface area contributed by atoms with Crippen molar-refractivity contribution < 1.29 is 14.3 Å². The van der Waals surface area contributed by atoms with Crippen LogP contribution in [0.1, 0.15) is 11.1 Å². The van der Waals surface area contributed by atoms with E-state index in [-0.39, 0.29) is 5.91 Å². The monoisotopic (exact) mass is 385 g/mol. The molecule has 6 heteroatoms. The molecule has 1 aliphatic rings. The SMILES string of the molecule is COc1ccc(CCN2C(=O)/C(=C/c3cccc(OC)c3)SC2=S)cc1. The number of nitrogens with zero attached hydrogens (tertiary/aromatic N) is 1. The lowest BCUT2D eigenvalue weighted by Crippen LogP contribution is -2.30. The van der Waals surface area contributed by atoms with Crippen LogP contribution in [0.5, 0.6) is 11.5 Å².